The fourth-order valence-electron chi connectivity index (χ4n) is 1.85. The molecule has 2 rings (SSSR count). The third kappa shape index (κ3) is 4.43. The summed E-state index contributed by atoms with van der Waals surface area (Å²) in [5.41, 5.74) is 4.68. The zero-order valence-electron chi connectivity index (χ0n) is 12.4. The van der Waals surface area contributed by atoms with Crippen molar-refractivity contribution in [2.75, 3.05) is 5.75 Å². The van der Waals surface area contributed by atoms with E-state index in [-0.39, 0.29) is 17.1 Å². The van der Waals surface area contributed by atoms with Crippen LogP contribution in [0.5, 0.6) is 0 Å². The second-order valence-corrected chi connectivity index (χ2v) is 6.88. The van der Waals surface area contributed by atoms with E-state index in [9.17, 15) is 18.0 Å². The van der Waals surface area contributed by atoms with Crippen LogP contribution in [0.1, 0.15) is 22.5 Å². The minimum Gasteiger partial charge on any atom is -0.469 e. The van der Waals surface area contributed by atoms with Crippen molar-refractivity contribution in [1.29, 1.82) is 0 Å². The van der Waals surface area contributed by atoms with Crippen molar-refractivity contribution in [1.82, 2.24) is 10.9 Å². The number of aryl methyl sites for hydroxylation is 1. The van der Waals surface area contributed by atoms with Gasteiger partial charge in [-0.05, 0) is 25.1 Å². The number of sulfone groups is 1. The van der Waals surface area contributed by atoms with E-state index in [2.05, 4.69) is 10.9 Å². The summed E-state index contributed by atoms with van der Waals surface area (Å²) in [4.78, 5) is 23.6. The lowest BCUT2D eigenvalue weighted by Gasteiger charge is -2.07. The zero-order chi connectivity index (χ0) is 16.9. The van der Waals surface area contributed by atoms with E-state index in [4.69, 9.17) is 4.42 Å². The first-order valence-electron chi connectivity index (χ1n) is 6.81. The fourth-order valence-corrected chi connectivity index (χ4v) is 3.11. The van der Waals surface area contributed by atoms with Crippen LogP contribution in [0, 0.1) is 6.92 Å². The molecule has 2 amide bonds. The molecule has 0 aliphatic rings. The molecule has 0 atom stereocenters. The van der Waals surface area contributed by atoms with Gasteiger partial charge >= 0.3 is 0 Å². The van der Waals surface area contributed by atoms with E-state index in [1.807, 2.05) is 0 Å². The number of furan rings is 1. The molecule has 0 aliphatic heterocycles. The maximum Gasteiger partial charge on any atom is 0.273 e. The van der Waals surface area contributed by atoms with E-state index < -0.39 is 21.7 Å². The summed E-state index contributed by atoms with van der Waals surface area (Å²) in [5, 5.41) is 0. The van der Waals surface area contributed by atoms with Crippen LogP contribution in [0.15, 0.2) is 52.0 Å². The molecule has 0 aliphatic carbocycles. The van der Waals surface area contributed by atoms with Gasteiger partial charge in [0, 0.05) is 6.42 Å². The second kappa shape index (κ2) is 7.10. The summed E-state index contributed by atoms with van der Waals surface area (Å²) >= 11 is 0. The van der Waals surface area contributed by atoms with Crippen LogP contribution in [0.4, 0.5) is 0 Å². The molecule has 0 radical (unpaired) electrons. The Labute approximate surface area is 133 Å². The zero-order valence-corrected chi connectivity index (χ0v) is 13.2. The minimum absolute atomic E-state index is 0.158. The molecule has 0 bridgehead atoms. The van der Waals surface area contributed by atoms with Gasteiger partial charge in [-0.2, -0.15) is 0 Å². The Morgan fingerprint density at radius 1 is 1.09 bits per heavy atom. The van der Waals surface area contributed by atoms with Crippen molar-refractivity contribution in [3.8, 4) is 0 Å². The van der Waals surface area contributed by atoms with E-state index in [0.717, 1.165) is 0 Å². The summed E-state index contributed by atoms with van der Waals surface area (Å²) in [6.45, 7) is 1.61. The Bertz CT molecular complexity index is 796. The number of hydrogen-bond acceptors (Lipinski definition) is 5. The van der Waals surface area contributed by atoms with Gasteiger partial charge in [0.25, 0.3) is 5.91 Å². The molecular weight excluding hydrogens is 320 g/mol. The molecule has 2 N–H and O–H groups in total. The third-order valence-electron chi connectivity index (χ3n) is 3.12. The summed E-state index contributed by atoms with van der Waals surface area (Å²) in [5.74, 6) is -1.05. The molecule has 1 heterocycles. The lowest BCUT2D eigenvalue weighted by atomic mass is 10.2. The molecule has 23 heavy (non-hydrogen) atoms. The quantitative estimate of drug-likeness (QED) is 0.799. The number of nitrogens with one attached hydrogen (secondary N) is 2. The third-order valence-corrected chi connectivity index (χ3v) is 4.85. The number of rotatable bonds is 5. The SMILES string of the molecule is Cc1occc1C(=O)NNC(=O)CCS(=O)(=O)c1ccccc1. The van der Waals surface area contributed by atoms with E-state index >= 15 is 0 Å². The molecule has 2 aromatic rings. The first-order chi connectivity index (χ1) is 10.9. The summed E-state index contributed by atoms with van der Waals surface area (Å²) in [7, 11) is -3.53. The van der Waals surface area contributed by atoms with Gasteiger partial charge in [0.1, 0.15) is 5.76 Å². The van der Waals surface area contributed by atoms with Gasteiger partial charge in [-0.15, -0.1) is 0 Å². The van der Waals surface area contributed by atoms with Crippen LogP contribution in [0.2, 0.25) is 0 Å². The summed E-state index contributed by atoms with van der Waals surface area (Å²) in [6.07, 6.45) is 1.10. The molecular formula is C15H16N2O5S. The number of benzene rings is 1. The topological polar surface area (TPSA) is 105 Å². The number of carbonyl (C=O) groups is 2. The van der Waals surface area contributed by atoms with Crippen LogP contribution in [0.25, 0.3) is 0 Å². The van der Waals surface area contributed by atoms with Crippen LogP contribution in [-0.4, -0.2) is 26.0 Å². The van der Waals surface area contributed by atoms with E-state index in [1.54, 1.807) is 25.1 Å². The molecule has 0 spiro atoms. The van der Waals surface area contributed by atoms with Crippen molar-refractivity contribution in [3.63, 3.8) is 0 Å². The fraction of sp³-hybridized carbons (Fsp3) is 0.200. The highest BCUT2D eigenvalue weighted by Gasteiger charge is 2.17. The van der Waals surface area contributed by atoms with Gasteiger partial charge in [0.15, 0.2) is 9.84 Å². The van der Waals surface area contributed by atoms with Crippen LogP contribution >= 0.6 is 0 Å². The number of carbonyl (C=O) groups excluding carboxylic acids is 2. The Balaban J connectivity index is 1.84. The lowest BCUT2D eigenvalue weighted by molar-refractivity contribution is -0.121. The summed E-state index contributed by atoms with van der Waals surface area (Å²) in [6, 6.07) is 9.34. The highest BCUT2D eigenvalue weighted by molar-refractivity contribution is 7.91. The average molecular weight is 336 g/mol. The van der Waals surface area contributed by atoms with Crippen molar-refractivity contribution in [3.05, 3.63) is 54.0 Å². The first-order valence-corrected chi connectivity index (χ1v) is 8.46. The highest BCUT2D eigenvalue weighted by Crippen LogP contribution is 2.11. The van der Waals surface area contributed by atoms with Crippen molar-refractivity contribution >= 4 is 21.7 Å². The van der Waals surface area contributed by atoms with Gasteiger partial charge < -0.3 is 4.42 Å². The maximum absolute atomic E-state index is 12.0. The Hall–Kier alpha value is -2.61. The van der Waals surface area contributed by atoms with Crippen LogP contribution in [-0.2, 0) is 14.6 Å². The first kappa shape index (κ1) is 16.8. The molecule has 0 fully saturated rings. The Morgan fingerprint density at radius 3 is 2.39 bits per heavy atom. The van der Waals surface area contributed by atoms with Gasteiger partial charge in [-0.1, -0.05) is 18.2 Å². The van der Waals surface area contributed by atoms with Gasteiger partial charge in [-0.25, -0.2) is 8.42 Å². The Morgan fingerprint density at radius 2 is 1.78 bits per heavy atom. The lowest BCUT2D eigenvalue weighted by Crippen LogP contribution is -2.42. The van der Waals surface area contributed by atoms with Crippen molar-refractivity contribution < 1.29 is 22.4 Å². The van der Waals surface area contributed by atoms with E-state index in [0.29, 0.717) is 11.3 Å². The second-order valence-electron chi connectivity index (χ2n) is 4.77. The van der Waals surface area contributed by atoms with Gasteiger partial charge in [-0.3, -0.25) is 20.4 Å². The molecule has 1 aromatic carbocycles. The van der Waals surface area contributed by atoms with Crippen molar-refractivity contribution in [2.24, 2.45) is 0 Å². The average Bonchev–Trinajstić information content (AvgIpc) is 2.98. The molecule has 1 aromatic heterocycles. The highest BCUT2D eigenvalue weighted by atomic mass is 32.2. The monoisotopic (exact) mass is 336 g/mol. The molecule has 8 heteroatoms. The van der Waals surface area contributed by atoms with Crippen molar-refractivity contribution in [2.45, 2.75) is 18.2 Å². The maximum atomic E-state index is 12.0. The van der Waals surface area contributed by atoms with Gasteiger partial charge in [0.2, 0.25) is 5.91 Å². The standard InChI is InChI=1S/C15H16N2O5S/c1-11-13(7-9-22-11)15(19)17-16-14(18)8-10-23(20,21)12-5-3-2-4-6-12/h2-7,9H,8,10H2,1H3,(H,16,18)(H,17,19). The number of hydrazine groups is 1. The van der Waals surface area contributed by atoms with Gasteiger partial charge in [0.05, 0.1) is 22.5 Å². The predicted octanol–water partition coefficient (Wildman–Crippen LogP) is 1.21. The normalized spacial score (nSPS) is 11.0. The molecule has 0 unspecified atom stereocenters. The molecule has 7 nitrogen and oxygen atoms in total. The molecule has 0 saturated heterocycles. The largest absolute Gasteiger partial charge is 0.469 e. The number of amides is 2. The summed E-state index contributed by atoms with van der Waals surface area (Å²) < 4.78 is 29.0. The minimum atomic E-state index is -3.53. The Kier molecular flexibility index (Phi) is 5.17. The van der Waals surface area contributed by atoms with Crippen LogP contribution < -0.4 is 10.9 Å². The van der Waals surface area contributed by atoms with E-state index in [1.165, 1.54) is 24.5 Å². The predicted molar refractivity (Wildman–Crippen MR) is 82.2 cm³/mol. The smallest absolute Gasteiger partial charge is 0.273 e. The molecule has 122 valence electrons. The van der Waals surface area contributed by atoms with Crippen LogP contribution in [0.3, 0.4) is 0 Å². The number of hydrogen-bond donors (Lipinski definition) is 2. The molecule has 0 saturated carbocycles.